The normalized spacial score (nSPS) is 10.4. The Labute approximate surface area is 74.7 Å². The van der Waals surface area contributed by atoms with Crippen LogP contribution in [0, 0.1) is 0 Å². The number of hydrogen-bond acceptors (Lipinski definition) is 1. The molecule has 0 fully saturated rings. The van der Waals surface area contributed by atoms with Gasteiger partial charge in [0.05, 0.1) is 0 Å². The summed E-state index contributed by atoms with van der Waals surface area (Å²) in [5, 5.41) is 0. The Balaban J connectivity index is 2.64. The predicted molar refractivity (Wildman–Crippen MR) is 55.1 cm³/mol. The van der Waals surface area contributed by atoms with E-state index in [1.54, 1.807) is 6.08 Å². The molecule has 0 heterocycles. The van der Waals surface area contributed by atoms with E-state index >= 15 is 0 Å². The van der Waals surface area contributed by atoms with Gasteiger partial charge >= 0.3 is 0 Å². The number of hydrogen-bond donors (Lipinski definition) is 0. The van der Waals surface area contributed by atoms with E-state index in [-0.39, 0.29) is 5.78 Å². The van der Waals surface area contributed by atoms with Crippen LogP contribution >= 0.6 is 9.24 Å². The lowest BCUT2D eigenvalue weighted by Crippen LogP contribution is -1.90. The average Bonchev–Trinajstić information content (AvgIpc) is 2.16. The summed E-state index contributed by atoms with van der Waals surface area (Å²) in [5.74, 6) is 0.129. The molecule has 0 amide bonds. The summed E-state index contributed by atoms with van der Waals surface area (Å²) in [6.07, 6.45) is 3.91. The SMILES string of the molecule is O=C(/C=C/c1ccccc1)CP. The number of ketones is 1. The summed E-state index contributed by atoms with van der Waals surface area (Å²) in [6, 6.07) is 9.78. The van der Waals surface area contributed by atoms with Crippen molar-refractivity contribution in [3.63, 3.8) is 0 Å². The van der Waals surface area contributed by atoms with Crippen molar-refractivity contribution in [1.29, 1.82) is 0 Å². The first-order valence-electron chi connectivity index (χ1n) is 3.79. The smallest absolute Gasteiger partial charge is 0.159 e. The minimum atomic E-state index is 0.129. The van der Waals surface area contributed by atoms with E-state index in [2.05, 4.69) is 9.24 Å². The lowest BCUT2D eigenvalue weighted by Gasteiger charge is -1.89. The number of benzene rings is 1. The number of carbonyl (C=O) groups is 1. The van der Waals surface area contributed by atoms with Crippen molar-refractivity contribution in [1.82, 2.24) is 0 Å². The summed E-state index contributed by atoms with van der Waals surface area (Å²) in [5.41, 5.74) is 1.06. The Hall–Kier alpha value is -0.940. The fraction of sp³-hybridized carbons (Fsp3) is 0.100. The quantitative estimate of drug-likeness (QED) is 0.512. The zero-order valence-electron chi connectivity index (χ0n) is 6.73. The fourth-order valence-corrected chi connectivity index (χ4v) is 0.957. The van der Waals surface area contributed by atoms with Gasteiger partial charge in [-0.15, -0.1) is 9.24 Å². The Morgan fingerprint density at radius 3 is 2.58 bits per heavy atom. The van der Waals surface area contributed by atoms with Crippen LogP contribution in [0.1, 0.15) is 5.56 Å². The van der Waals surface area contributed by atoms with Gasteiger partial charge in [-0.3, -0.25) is 4.79 Å². The van der Waals surface area contributed by atoms with Gasteiger partial charge in [0.1, 0.15) is 0 Å². The molecule has 0 aromatic heterocycles. The van der Waals surface area contributed by atoms with Crippen molar-refractivity contribution >= 4 is 21.1 Å². The van der Waals surface area contributed by atoms with Crippen molar-refractivity contribution < 1.29 is 4.79 Å². The first-order chi connectivity index (χ1) is 5.83. The van der Waals surface area contributed by atoms with Crippen LogP contribution in [-0.4, -0.2) is 11.9 Å². The molecule has 1 aromatic rings. The molecule has 0 aliphatic heterocycles. The highest BCUT2D eigenvalue weighted by atomic mass is 31.0. The first kappa shape index (κ1) is 9.15. The highest BCUT2D eigenvalue weighted by Crippen LogP contribution is 2.01. The van der Waals surface area contributed by atoms with Crippen molar-refractivity contribution in [3.8, 4) is 0 Å². The Kier molecular flexibility index (Phi) is 3.69. The van der Waals surface area contributed by atoms with Crippen molar-refractivity contribution in [2.24, 2.45) is 0 Å². The molecule has 1 rings (SSSR count). The molecule has 0 N–H and O–H groups in total. The third kappa shape index (κ3) is 2.98. The van der Waals surface area contributed by atoms with Gasteiger partial charge in [0.25, 0.3) is 0 Å². The van der Waals surface area contributed by atoms with Crippen LogP contribution in [0.15, 0.2) is 36.4 Å². The van der Waals surface area contributed by atoms with Gasteiger partial charge in [0, 0.05) is 6.16 Å². The van der Waals surface area contributed by atoms with Crippen LogP contribution in [-0.2, 0) is 4.79 Å². The predicted octanol–water partition coefficient (Wildman–Crippen LogP) is 2.14. The van der Waals surface area contributed by atoms with Gasteiger partial charge in [-0.1, -0.05) is 36.4 Å². The molecule has 1 nitrogen and oxygen atoms in total. The molecule has 12 heavy (non-hydrogen) atoms. The highest BCUT2D eigenvalue weighted by molar-refractivity contribution is 7.18. The number of allylic oxidation sites excluding steroid dienone is 1. The first-order valence-corrected chi connectivity index (χ1v) is 4.60. The van der Waals surface area contributed by atoms with Crippen LogP contribution in [0.5, 0.6) is 0 Å². The van der Waals surface area contributed by atoms with Crippen molar-refractivity contribution in [2.75, 3.05) is 6.16 Å². The van der Waals surface area contributed by atoms with E-state index in [1.165, 1.54) is 0 Å². The number of rotatable bonds is 3. The second-order valence-corrected chi connectivity index (χ2v) is 2.82. The summed E-state index contributed by atoms with van der Waals surface area (Å²) < 4.78 is 0. The summed E-state index contributed by atoms with van der Waals surface area (Å²) in [4.78, 5) is 10.9. The van der Waals surface area contributed by atoms with Crippen LogP contribution in [0.3, 0.4) is 0 Å². The topological polar surface area (TPSA) is 17.1 Å². The minimum Gasteiger partial charge on any atom is -0.294 e. The van der Waals surface area contributed by atoms with Crippen LogP contribution in [0.2, 0.25) is 0 Å². The third-order valence-electron chi connectivity index (χ3n) is 1.46. The molecule has 0 radical (unpaired) electrons. The standard InChI is InChI=1S/C10H11OP/c11-10(8-12)7-6-9-4-2-1-3-5-9/h1-7H,8,12H2/b7-6+. The Morgan fingerprint density at radius 2 is 2.00 bits per heavy atom. The summed E-state index contributed by atoms with van der Waals surface area (Å²) in [6.45, 7) is 0. The average molecular weight is 178 g/mol. The van der Waals surface area contributed by atoms with E-state index in [4.69, 9.17) is 0 Å². The third-order valence-corrected chi connectivity index (χ3v) is 1.86. The minimum absolute atomic E-state index is 0.129. The van der Waals surface area contributed by atoms with E-state index in [1.807, 2.05) is 36.4 Å². The number of carbonyl (C=O) groups excluding carboxylic acids is 1. The lowest BCUT2D eigenvalue weighted by molar-refractivity contribution is -0.112. The van der Waals surface area contributed by atoms with Gasteiger partial charge in [0.2, 0.25) is 0 Å². The van der Waals surface area contributed by atoms with Crippen LogP contribution in [0.25, 0.3) is 6.08 Å². The second-order valence-electron chi connectivity index (χ2n) is 2.41. The largest absolute Gasteiger partial charge is 0.294 e. The Morgan fingerprint density at radius 1 is 1.33 bits per heavy atom. The summed E-state index contributed by atoms with van der Waals surface area (Å²) >= 11 is 0. The molecule has 62 valence electrons. The molecular formula is C10H11OP. The molecule has 0 aliphatic rings. The van der Waals surface area contributed by atoms with Gasteiger partial charge in [-0.2, -0.15) is 0 Å². The van der Waals surface area contributed by atoms with E-state index < -0.39 is 0 Å². The highest BCUT2D eigenvalue weighted by Gasteiger charge is 1.89. The summed E-state index contributed by atoms with van der Waals surface area (Å²) in [7, 11) is 2.40. The molecule has 0 saturated carbocycles. The van der Waals surface area contributed by atoms with Crippen LogP contribution in [0.4, 0.5) is 0 Å². The maximum Gasteiger partial charge on any atom is 0.159 e. The molecular weight excluding hydrogens is 167 g/mol. The van der Waals surface area contributed by atoms with E-state index in [0.717, 1.165) is 5.56 Å². The maximum atomic E-state index is 10.9. The molecule has 0 saturated heterocycles. The molecule has 1 aromatic carbocycles. The second kappa shape index (κ2) is 4.84. The van der Waals surface area contributed by atoms with Crippen LogP contribution < -0.4 is 0 Å². The maximum absolute atomic E-state index is 10.9. The molecule has 1 unspecified atom stereocenters. The van der Waals surface area contributed by atoms with Crippen molar-refractivity contribution in [2.45, 2.75) is 0 Å². The molecule has 0 bridgehead atoms. The molecule has 0 spiro atoms. The lowest BCUT2D eigenvalue weighted by atomic mass is 10.2. The fourth-order valence-electron chi connectivity index (χ4n) is 0.821. The van der Waals surface area contributed by atoms with Crippen molar-refractivity contribution in [3.05, 3.63) is 42.0 Å². The molecule has 0 aliphatic carbocycles. The molecule has 1 atom stereocenters. The van der Waals surface area contributed by atoms with E-state index in [9.17, 15) is 4.79 Å². The van der Waals surface area contributed by atoms with Gasteiger partial charge in [-0.05, 0) is 11.6 Å². The van der Waals surface area contributed by atoms with Gasteiger partial charge in [0.15, 0.2) is 5.78 Å². The molecule has 2 heteroatoms. The van der Waals surface area contributed by atoms with Gasteiger partial charge < -0.3 is 0 Å². The zero-order chi connectivity index (χ0) is 8.81. The Bertz CT molecular complexity index is 277. The monoisotopic (exact) mass is 178 g/mol. The zero-order valence-corrected chi connectivity index (χ0v) is 7.89. The van der Waals surface area contributed by atoms with Gasteiger partial charge in [-0.25, -0.2) is 0 Å². The van der Waals surface area contributed by atoms with E-state index in [0.29, 0.717) is 6.16 Å².